The number of carbonyl (C=O) groups is 2. The number of carbonyl (C=O) groups excluding carboxylic acids is 2. The Morgan fingerprint density at radius 2 is 1.50 bits per heavy atom. The van der Waals surface area contributed by atoms with Crippen molar-refractivity contribution in [2.45, 2.75) is 45.1 Å². The number of esters is 1. The van der Waals surface area contributed by atoms with Crippen molar-refractivity contribution in [3.63, 3.8) is 0 Å². The maximum Gasteiger partial charge on any atom is 0.513 e. The zero-order valence-electron chi connectivity index (χ0n) is 20.4. The van der Waals surface area contributed by atoms with Gasteiger partial charge < -0.3 is 18.9 Å². The third kappa shape index (κ3) is 7.35. The summed E-state index contributed by atoms with van der Waals surface area (Å²) >= 11 is 0. The highest BCUT2D eigenvalue weighted by Gasteiger charge is 2.18. The highest BCUT2D eigenvalue weighted by molar-refractivity contribution is 6.76. The molecule has 0 aliphatic carbocycles. The molecule has 3 rings (SSSR count). The second kappa shape index (κ2) is 11.2. The van der Waals surface area contributed by atoms with Crippen LogP contribution >= 0.6 is 0 Å². The Morgan fingerprint density at radius 3 is 2.18 bits per heavy atom. The molecule has 0 saturated carbocycles. The maximum atomic E-state index is 12.6. The second-order valence-corrected chi connectivity index (χ2v) is 15.1. The van der Waals surface area contributed by atoms with Gasteiger partial charge in [0.25, 0.3) is 0 Å². The summed E-state index contributed by atoms with van der Waals surface area (Å²) in [4.78, 5) is 24.4. The summed E-state index contributed by atoms with van der Waals surface area (Å²) in [5.41, 5.74) is 1.68. The highest BCUT2D eigenvalue weighted by atomic mass is 28.3. The van der Waals surface area contributed by atoms with E-state index in [1.807, 2.05) is 43.3 Å². The number of hydrogen-bond donors (Lipinski definition) is 0. The third-order valence-corrected chi connectivity index (χ3v) is 7.21. The number of ether oxygens (including phenoxy) is 4. The normalized spacial score (nSPS) is 12.1. The predicted octanol–water partition coefficient (Wildman–Crippen LogP) is 6.55. The predicted molar refractivity (Wildman–Crippen MR) is 135 cm³/mol. The molecule has 0 N–H and O–H groups in total. The Kier molecular flexibility index (Phi) is 8.34. The van der Waals surface area contributed by atoms with Crippen molar-refractivity contribution in [2.75, 3.05) is 13.7 Å². The number of methoxy groups -OCH3 is 1. The topological polar surface area (TPSA) is 71.1 Å². The van der Waals surface area contributed by atoms with Gasteiger partial charge in [0.05, 0.1) is 19.6 Å². The van der Waals surface area contributed by atoms with Crippen LogP contribution in [0.25, 0.3) is 10.8 Å². The average molecular weight is 481 g/mol. The molecule has 3 aromatic rings. The van der Waals surface area contributed by atoms with Crippen molar-refractivity contribution in [1.82, 2.24) is 0 Å². The Bertz CT molecular complexity index is 1130. The van der Waals surface area contributed by atoms with Crippen LogP contribution in [0.15, 0.2) is 60.7 Å². The molecular weight excluding hydrogens is 448 g/mol. The lowest BCUT2D eigenvalue weighted by molar-refractivity contribution is -0.146. The van der Waals surface area contributed by atoms with Gasteiger partial charge in [0.2, 0.25) is 0 Å². The number of benzene rings is 3. The van der Waals surface area contributed by atoms with Crippen LogP contribution in [0.4, 0.5) is 4.79 Å². The zero-order valence-corrected chi connectivity index (χ0v) is 21.4. The van der Waals surface area contributed by atoms with Crippen LogP contribution in [0.2, 0.25) is 25.7 Å². The molecule has 0 spiro atoms. The lowest BCUT2D eigenvalue weighted by Crippen LogP contribution is -2.23. The van der Waals surface area contributed by atoms with E-state index in [9.17, 15) is 9.59 Å². The number of fused-ring (bicyclic) bond motifs is 1. The van der Waals surface area contributed by atoms with E-state index in [0.717, 1.165) is 33.7 Å². The Hall–Kier alpha value is -3.32. The van der Waals surface area contributed by atoms with Crippen LogP contribution in [-0.4, -0.2) is 33.9 Å². The molecule has 0 aromatic heterocycles. The minimum atomic E-state index is -1.27. The van der Waals surface area contributed by atoms with Crippen LogP contribution in [0.3, 0.4) is 0 Å². The van der Waals surface area contributed by atoms with Crippen molar-refractivity contribution in [3.05, 3.63) is 71.8 Å². The van der Waals surface area contributed by atoms with E-state index in [4.69, 9.17) is 18.9 Å². The summed E-state index contributed by atoms with van der Waals surface area (Å²) in [7, 11) is 0.371. The SMILES string of the molecule is COc1ccc2cc(C(C)C(=O)OCc3ccc(OC(=O)OCC[Si](C)(C)C)cc3)ccc2c1. The first-order chi connectivity index (χ1) is 16.1. The number of hydrogen-bond acceptors (Lipinski definition) is 6. The van der Waals surface area contributed by atoms with Crippen LogP contribution in [0.5, 0.6) is 11.5 Å². The lowest BCUT2D eigenvalue weighted by Gasteiger charge is -2.15. The minimum Gasteiger partial charge on any atom is -0.497 e. The fourth-order valence-electron chi connectivity index (χ4n) is 3.27. The molecule has 0 saturated heterocycles. The van der Waals surface area contributed by atoms with E-state index < -0.39 is 20.1 Å². The van der Waals surface area contributed by atoms with Gasteiger partial charge in [0.1, 0.15) is 18.1 Å². The molecule has 0 fully saturated rings. The smallest absolute Gasteiger partial charge is 0.497 e. The van der Waals surface area contributed by atoms with Gasteiger partial charge in [0, 0.05) is 8.07 Å². The van der Waals surface area contributed by atoms with E-state index >= 15 is 0 Å². The first-order valence-corrected chi connectivity index (χ1v) is 15.0. The van der Waals surface area contributed by atoms with Gasteiger partial charge in [-0.3, -0.25) is 4.79 Å². The molecule has 6 nitrogen and oxygen atoms in total. The van der Waals surface area contributed by atoms with E-state index in [1.54, 1.807) is 31.4 Å². The largest absolute Gasteiger partial charge is 0.513 e. The average Bonchev–Trinajstić information content (AvgIpc) is 2.81. The van der Waals surface area contributed by atoms with E-state index in [1.165, 1.54) is 0 Å². The molecule has 0 radical (unpaired) electrons. The van der Waals surface area contributed by atoms with Crippen LogP contribution in [0, 0.1) is 0 Å². The molecule has 1 atom stereocenters. The van der Waals surface area contributed by atoms with Gasteiger partial charge in [-0.25, -0.2) is 4.79 Å². The van der Waals surface area contributed by atoms with E-state index in [-0.39, 0.29) is 12.6 Å². The van der Waals surface area contributed by atoms with Crippen LogP contribution in [-0.2, 0) is 20.9 Å². The molecule has 180 valence electrons. The van der Waals surface area contributed by atoms with Gasteiger partial charge in [-0.1, -0.05) is 56.0 Å². The molecule has 34 heavy (non-hydrogen) atoms. The Balaban J connectivity index is 1.50. The van der Waals surface area contributed by atoms with Gasteiger partial charge in [-0.15, -0.1) is 0 Å². The fraction of sp³-hybridized carbons (Fsp3) is 0.333. The lowest BCUT2D eigenvalue weighted by atomic mass is 9.98. The Labute approximate surface area is 201 Å². The van der Waals surface area contributed by atoms with Crippen LogP contribution < -0.4 is 9.47 Å². The standard InChI is InChI=1S/C27H32O6Si/c1-19(21-8-9-23-17-25(30-2)13-10-22(23)16-21)26(28)32-18-20-6-11-24(12-7-20)33-27(29)31-14-15-34(3,4)5/h6-13,16-17,19H,14-15,18H2,1-5H3. The van der Waals surface area contributed by atoms with Crippen molar-refractivity contribution in [3.8, 4) is 11.5 Å². The van der Waals surface area contributed by atoms with E-state index in [0.29, 0.717) is 12.4 Å². The summed E-state index contributed by atoms with van der Waals surface area (Å²) in [5, 5.41) is 2.08. The highest BCUT2D eigenvalue weighted by Crippen LogP contribution is 2.26. The molecule has 0 bridgehead atoms. The molecule has 7 heteroatoms. The fourth-order valence-corrected chi connectivity index (χ4v) is 3.99. The third-order valence-electron chi connectivity index (χ3n) is 5.50. The van der Waals surface area contributed by atoms with Crippen LogP contribution in [0.1, 0.15) is 24.0 Å². The van der Waals surface area contributed by atoms with Gasteiger partial charge in [-0.05, 0) is 59.1 Å². The molecule has 1 unspecified atom stereocenters. The first kappa shape index (κ1) is 25.3. The first-order valence-electron chi connectivity index (χ1n) is 11.3. The molecular formula is C27H32O6Si. The monoisotopic (exact) mass is 480 g/mol. The summed E-state index contributed by atoms with van der Waals surface area (Å²) in [5.74, 6) is 0.469. The molecule has 0 amide bonds. The quantitative estimate of drug-likeness (QED) is 0.196. The maximum absolute atomic E-state index is 12.6. The Morgan fingerprint density at radius 1 is 0.853 bits per heavy atom. The van der Waals surface area contributed by atoms with Crippen molar-refractivity contribution in [2.24, 2.45) is 0 Å². The molecule has 0 heterocycles. The van der Waals surface area contributed by atoms with Crippen molar-refractivity contribution < 1.29 is 28.5 Å². The molecule has 0 aliphatic heterocycles. The van der Waals surface area contributed by atoms with Gasteiger partial charge >= 0.3 is 12.1 Å². The number of rotatable bonds is 9. The molecule has 3 aromatic carbocycles. The van der Waals surface area contributed by atoms with Crippen molar-refractivity contribution in [1.29, 1.82) is 0 Å². The van der Waals surface area contributed by atoms with Crippen molar-refractivity contribution >= 4 is 31.0 Å². The second-order valence-electron chi connectivity index (χ2n) is 9.46. The minimum absolute atomic E-state index is 0.134. The summed E-state index contributed by atoms with van der Waals surface area (Å²) in [6.07, 6.45) is -0.708. The zero-order chi connectivity index (χ0) is 24.7. The molecule has 0 aliphatic rings. The van der Waals surface area contributed by atoms with Gasteiger partial charge in [0.15, 0.2) is 0 Å². The summed E-state index contributed by atoms with van der Waals surface area (Å²) < 4.78 is 21.1. The summed E-state index contributed by atoms with van der Waals surface area (Å²) in [6, 6.07) is 19.5. The van der Waals surface area contributed by atoms with E-state index in [2.05, 4.69) is 19.6 Å². The van der Waals surface area contributed by atoms with Gasteiger partial charge in [-0.2, -0.15) is 0 Å². The summed E-state index contributed by atoms with van der Waals surface area (Å²) in [6.45, 7) is 8.98.